The third kappa shape index (κ3) is 3.32. The van der Waals surface area contributed by atoms with Crippen LogP contribution in [0.25, 0.3) is 6.08 Å². The molecule has 17 heavy (non-hydrogen) atoms. The lowest BCUT2D eigenvalue weighted by atomic mass is 10.2. The number of nitrogens with one attached hydrogen (secondary N) is 1. The summed E-state index contributed by atoms with van der Waals surface area (Å²) in [6.07, 6.45) is 4.93. The van der Waals surface area contributed by atoms with Gasteiger partial charge in [-0.3, -0.25) is 4.79 Å². The van der Waals surface area contributed by atoms with Gasteiger partial charge in [0.1, 0.15) is 5.76 Å². The van der Waals surface area contributed by atoms with Crippen molar-refractivity contribution in [1.82, 2.24) is 5.32 Å². The van der Waals surface area contributed by atoms with E-state index in [0.717, 1.165) is 10.6 Å². The Morgan fingerprint density at radius 1 is 1.47 bits per heavy atom. The van der Waals surface area contributed by atoms with E-state index in [1.54, 1.807) is 29.7 Å². The maximum Gasteiger partial charge on any atom is 0.244 e. The molecule has 0 aromatic carbocycles. The lowest BCUT2D eigenvalue weighted by molar-refractivity contribution is -0.117. The summed E-state index contributed by atoms with van der Waals surface area (Å²) in [6, 6.07) is 7.44. The van der Waals surface area contributed by atoms with E-state index in [0.29, 0.717) is 0 Å². The van der Waals surface area contributed by atoms with Crippen LogP contribution in [0.1, 0.15) is 23.6 Å². The maximum atomic E-state index is 11.6. The Labute approximate surface area is 104 Å². The van der Waals surface area contributed by atoms with Crippen LogP contribution in [-0.2, 0) is 4.79 Å². The first-order valence-electron chi connectivity index (χ1n) is 5.31. The van der Waals surface area contributed by atoms with Crippen molar-refractivity contribution in [3.05, 3.63) is 52.6 Å². The molecule has 2 heterocycles. The molecule has 0 radical (unpaired) electrons. The number of rotatable bonds is 4. The summed E-state index contributed by atoms with van der Waals surface area (Å²) in [5.41, 5.74) is 0. The molecule has 2 aromatic rings. The molecule has 0 aliphatic carbocycles. The molecule has 0 unspecified atom stereocenters. The van der Waals surface area contributed by atoms with Crippen molar-refractivity contribution >= 4 is 23.3 Å². The van der Waals surface area contributed by atoms with Crippen LogP contribution >= 0.6 is 11.3 Å². The molecule has 0 aliphatic rings. The number of carbonyl (C=O) groups is 1. The van der Waals surface area contributed by atoms with Crippen LogP contribution in [-0.4, -0.2) is 5.91 Å². The highest BCUT2D eigenvalue weighted by molar-refractivity contribution is 7.10. The first-order chi connectivity index (χ1) is 8.25. The highest BCUT2D eigenvalue weighted by atomic mass is 32.1. The summed E-state index contributed by atoms with van der Waals surface area (Å²) in [7, 11) is 0. The minimum absolute atomic E-state index is 0.120. The minimum Gasteiger partial charge on any atom is -0.467 e. The van der Waals surface area contributed by atoms with Crippen molar-refractivity contribution < 1.29 is 9.21 Å². The Hall–Kier alpha value is -1.81. The van der Waals surface area contributed by atoms with E-state index in [4.69, 9.17) is 4.42 Å². The molecule has 0 spiro atoms. The van der Waals surface area contributed by atoms with Gasteiger partial charge >= 0.3 is 0 Å². The summed E-state index contributed by atoms with van der Waals surface area (Å²) in [4.78, 5) is 12.7. The minimum atomic E-state index is -0.123. The Kier molecular flexibility index (Phi) is 3.77. The Bertz CT molecular complexity index is 485. The fourth-order valence-corrected chi connectivity index (χ4v) is 2.03. The molecule has 3 nitrogen and oxygen atoms in total. The van der Waals surface area contributed by atoms with Gasteiger partial charge in [-0.2, -0.15) is 0 Å². The number of furan rings is 1. The van der Waals surface area contributed by atoms with E-state index < -0.39 is 0 Å². The van der Waals surface area contributed by atoms with Crippen LogP contribution in [0.4, 0.5) is 0 Å². The monoisotopic (exact) mass is 247 g/mol. The van der Waals surface area contributed by atoms with Gasteiger partial charge in [-0.15, -0.1) is 11.3 Å². The fourth-order valence-electron chi connectivity index (χ4n) is 1.41. The van der Waals surface area contributed by atoms with Gasteiger partial charge in [0.05, 0.1) is 12.3 Å². The molecule has 1 amide bonds. The van der Waals surface area contributed by atoms with Gasteiger partial charge in [0.15, 0.2) is 0 Å². The van der Waals surface area contributed by atoms with Gasteiger partial charge in [0, 0.05) is 11.0 Å². The summed E-state index contributed by atoms with van der Waals surface area (Å²) in [5, 5.41) is 4.81. The molecule has 2 rings (SSSR count). The van der Waals surface area contributed by atoms with Gasteiger partial charge in [-0.05, 0) is 36.6 Å². The summed E-state index contributed by atoms with van der Waals surface area (Å²) in [5.74, 6) is 0.630. The third-order valence-corrected chi connectivity index (χ3v) is 3.11. The molecular formula is C13H13NO2S. The lowest BCUT2D eigenvalue weighted by Gasteiger charge is -2.08. The predicted molar refractivity (Wildman–Crippen MR) is 68.6 cm³/mol. The van der Waals surface area contributed by atoms with Gasteiger partial charge < -0.3 is 9.73 Å². The number of carbonyl (C=O) groups excluding carboxylic acids is 1. The van der Waals surface area contributed by atoms with Crippen LogP contribution in [0, 0.1) is 0 Å². The molecule has 0 saturated carbocycles. The highest BCUT2D eigenvalue weighted by Gasteiger charge is 2.09. The third-order valence-electron chi connectivity index (χ3n) is 2.27. The van der Waals surface area contributed by atoms with Crippen molar-refractivity contribution in [1.29, 1.82) is 0 Å². The fraction of sp³-hybridized carbons (Fsp3) is 0.154. The van der Waals surface area contributed by atoms with Crippen molar-refractivity contribution in [3.8, 4) is 0 Å². The second-order valence-corrected chi connectivity index (χ2v) is 4.57. The van der Waals surface area contributed by atoms with Crippen molar-refractivity contribution in [2.24, 2.45) is 0 Å². The molecule has 88 valence electrons. The SMILES string of the molecule is C[C@H](NC(=O)/C=C/c1cccs1)c1ccco1. The Balaban J connectivity index is 1.89. The molecule has 0 aliphatic heterocycles. The van der Waals surface area contributed by atoms with Crippen LogP contribution in [0.5, 0.6) is 0 Å². The second kappa shape index (κ2) is 5.50. The average molecular weight is 247 g/mol. The number of thiophene rings is 1. The molecule has 2 aromatic heterocycles. The van der Waals surface area contributed by atoms with Gasteiger partial charge in [0.2, 0.25) is 5.91 Å². The van der Waals surface area contributed by atoms with Crippen molar-refractivity contribution in [3.63, 3.8) is 0 Å². The van der Waals surface area contributed by atoms with Gasteiger partial charge in [0.25, 0.3) is 0 Å². The van der Waals surface area contributed by atoms with E-state index in [2.05, 4.69) is 5.32 Å². The van der Waals surface area contributed by atoms with Crippen LogP contribution in [0.3, 0.4) is 0 Å². The topological polar surface area (TPSA) is 42.2 Å². The summed E-state index contributed by atoms with van der Waals surface area (Å²) >= 11 is 1.60. The Morgan fingerprint density at radius 3 is 3.00 bits per heavy atom. The van der Waals surface area contributed by atoms with Crippen molar-refractivity contribution in [2.75, 3.05) is 0 Å². The normalized spacial score (nSPS) is 12.8. The number of hydrogen-bond donors (Lipinski definition) is 1. The zero-order valence-electron chi connectivity index (χ0n) is 9.42. The Morgan fingerprint density at radius 2 is 2.35 bits per heavy atom. The standard InChI is InChI=1S/C13H13NO2S/c1-10(12-5-2-8-16-12)14-13(15)7-6-11-4-3-9-17-11/h2-10H,1H3,(H,14,15)/b7-6+/t10-/m0/s1. The van der Waals surface area contributed by atoms with E-state index in [1.165, 1.54) is 6.08 Å². The molecule has 0 bridgehead atoms. The summed E-state index contributed by atoms with van der Waals surface area (Å²) in [6.45, 7) is 1.88. The average Bonchev–Trinajstić information content (AvgIpc) is 2.99. The highest BCUT2D eigenvalue weighted by Crippen LogP contribution is 2.13. The summed E-state index contributed by atoms with van der Waals surface area (Å²) < 4.78 is 5.21. The molecule has 0 saturated heterocycles. The van der Waals surface area contributed by atoms with Gasteiger partial charge in [-0.1, -0.05) is 6.07 Å². The molecule has 1 N–H and O–H groups in total. The largest absolute Gasteiger partial charge is 0.467 e. The molecular weight excluding hydrogens is 234 g/mol. The first kappa shape index (κ1) is 11.7. The quantitative estimate of drug-likeness (QED) is 0.843. The van der Waals surface area contributed by atoms with Crippen LogP contribution in [0.2, 0.25) is 0 Å². The molecule has 4 heteroatoms. The first-order valence-corrected chi connectivity index (χ1v) is 6.19. The number of amides is 1. The zero-order chi connectivity index (χ0) is 12.1. The van der Waals surface area contributed by atoms with E-state index in [9.17, 15) is 4.79 Å². The zero-order valence-corrected chi connectivity index (χ0v) is 10.2. The van der Waals surface area contributed by atoms with Crippen molar-refractivity contribution in [2.45, 2.75) is 13.0 Å². The van der Waals surface area contributed by atoms with Crippen LogP contribution in [0.15, 0.2) is 46.4 Å². The van der Waals surface area contributed by atoms with Crippen LogP contribution < -0.4 is 5.32 Å². The second-order valence-electron chi connectivity index (χ2n) is 3.59. The van der Waals surface area contributed by atoms with E-state index >= 15 is 0 Å². The lowest BCUT2D eigenvalue weighted by Crippen LogP contribution is -2.24. The van der Waals surface area contributed by atoms with Gasteiger partial charge in [-0.25, -0.2) is 0 Å². The predicted octanol–water partition coefficient (Wildman–Crippen LogP) is 3.23. The smallest absolute Gasteiger partial charge is 0.244 e. The maximum absolute atomic E-state index is 11.6. The molecule has 1 atom stereocenters. The number of hydrogen-bond acceptors (Lipinski definition) is 3. The van der Waals surface area contributed by atoms with E-state index in [1.807, 2.05) is 30.5 Å². The molecule has 0 fully saturated rings. The van der Waals surface area contributed by atoms with E-state index in [-0.39, 0.29) is 11.9 Å².